The Balaban J connectivity index is 1.77. The summed E-state index contributed by atoms with van der Waals surface area (Å²) in [4.78, 5) is 11.8. The van der Waals surface area contributed by atoms with E-state index < -0.39 is 5.60 Å². The van der Waals surface area contributed by atoms with E-state index in [1.807, 2.05) is 0 Å². The molecule has 0 aromatic carbocycles. The van der Waals surface area contributed by atoms with Crippen LogP contribution in [0.1, 0.15) is 51.4 Å². The van der Waals surface area contributed by atoms with E-state index in [0.717, 1.165) is 38.5 Å². The molecule has 4 heteroatoms. The first-order valence-electron chi connectivity index (χ1n) is 6.81. The summed E-state index contributed by atoms with van der Waals surface area (Å²) in [7, 11) is 0. The van der Waals surface area contributed by atoms with Crippen LogP contribution in [0, 0.1) is 0 Å². The van der Waals surface area contributed by atoms with Crippen molar-refractivity contribution < 1.29 is 14.6 Å². The van der Waals surface area contributed by atoms with Gasteiger partial charge in [0.15, 0.2) is 0 Å². The summed E-state index contributed by atoms with van der Waals surface area (Å²) >= 11 is 0. The third kappa shape index (κ3) is 3.68. The lowest BCUT2D eigenvalue weighted by atomic mass is 9.94. The highest BCUT2D eigenvalue weighted by atomic mass is 16.5. The van der Waals surface area contributed by atoms with Crippen molar-refractivity contribution in [3.05, 3.63) is 0 Å². The van der Waals surface area contributed by atoms with Gasteiger partial charge in [0.1, 0.15) is 6.10 Å². The summed E-state index contributed by atoms with van der Waals surface area (Å²) in [5.74, 6) is -0.0554. The van der Waals surface area contributed by atoms with Gasteiger partial charge in [-0.25, -0.2) is 0 Å². The standard InChI is InChI=1S/C13H23NO3/c15-12(11-6-5-9-17-11)14-10-13(16)7-3-1-2-4-8-13/h11,16H,1-10H2,(H,14,15). The molecule has 0 aromatic rings. The van der Waals surface area contributed by atoms with Gasteiger partial charge in [-0.2, -0.15) is 0 Å². The molecule has 98 valence electrons. The zero-order chi connectivity index (χ0) is 12.1. The third-order valence-corrected chi connectivity index (χ3v) is 3.85. The second-order valence-corrected chi connectivity index (χ2v) is 5.36. The average molecular weight is 241 g/mol. The molecule has 1 atom stereocenters. The molecule has 2 fully saturated rings. The molecule has 4 nitrogen and oxygen atoms in total. The number of carbonyl (C=O) groups is 1. The molecule has 1 amide bonds. The number of nitrogens with one attached hydrogen (secondary N) is 1. The first-order chi connectivity index (χ1) is 8.20. The van der Waals surface area contributed by atoms with E-state index in [2.05, 4.69) is 5.32 Å². The van der Waals surface area contributed by atoms with E-state index in [9.17, 15) is 9.90 Å². The Kier molecular flexibility index (Phi) is 4.40. The van der Waals surface area contributed by atoms with Gasteiger partial charge in [0.05, 0.1) is 5.60 Å². The van der Waals surface area contributed by atoms with Gasteiger partial charge in [-0.15, -0.1) is 0 Å². The molecule has 0 radical (unpaired) electrons. The first-order valence-corrected chi connectivity index (χ1v) is 6.81. The number of hydrogen-bond donors (Lipinski definition) is 2. The van der Waals surface area contributed by atoms with Gasteiger partial charge in [0.2, 0.25) is 5.91 Å². The van der Waals surface area contributed by atoms with Crippen molar-refractivity contribution in [2.24, 2.45) is 0 Å². The second-order valence-electron chi connectivity index (χ2n) is 5.36. The van der Waals surface area contributed by atoms with Crippen molar-refractivity contribution in [1.29, 1.82) is 0 Å². The number of carbonyl (C=O) groups excluding carboxylic acids is 1. The molecule has 0 aromatic heterocycles. The topological polar surface area (TPSA) is 58.6 Å². The quantitative estimate of drug-likeness (QED) is 0.734. The molecule has 1 unspecified atom stereocenters. The highest BCUT2D eigenvalue weighted by molar-refractivity contribution is 5.81. The molecule has 1 aliphatic carbocycles. The summed E-state index contributed by atoms with van der Waals surface area (Å²) in [6.45, 7) is 1.06. The van der Waals surface area contributed by atoms with Crippen LogP contribution < -0.4 is 5.32 Å². The van der Waals surface area contributed by atoms with Gasteiger partial charge in [0, 0.05) is 13.2 Å². The van der Waals surface area contributed by atoms with Crippen LogP contribution in [0.5, 0.6) is 0 Å². The summed E-state index contributed by atoms with van der Waals surface area (Å²) in [5, 5.41) is 13.2. The zero-order valence-corrected chi connectivity index (χ0v) is 10.4. The maximum Gasteiger partial charge on any atom is 0.249 e. The average Bonchev–Trinajstić information content (AvgIpc) is 2.77. The Morgan fingerprint density at radius 1 is 1.24 bits per heavy atom. The van der Waals surface area contributed by atoms with Crippen molar-refractivity contribution in [3.63, 3.8) is 0 Å². The molecule has 2 aliphatic rings. The maximum absolute atomic E-state index is 11.8. The highest BCUT2D eigenvalue weighted by Crippen LogP contribution is 2.26. The Labute approximate surface area is 103 Å². The monoisotopic (exact) mass is 241 g/mol. The lowest BCUT2D eigenvalue weighted by Crippen LogP contribution is -2.45. The Morgan fingerprint density at radius 2 is 1.94 bits per heavy atom. The highest BCUT2D eigenvalue weighted by Gasteiger charge is 2.30. The molecule has 1 saturated carbocycles. The van der Waals surface area contributed by atoms with Gasteiger partial charge < -0.3 is 15.2 Å². The largest absolute Gasteiger partial charge is 0.388 e. The smallest absolute Gasteiger partial charge is 0.249 e. The van der Waals surface area contributed by atoms with E-state index in [-0.39, 0.29) is 12.0 Å². The molecule has 0 bridgehead atoms. The summed E-state index contributed by atoms with van der Waals surface area (Å²) in [5.41, 5.74) is -0.690. The van der Waals surface area contributed by atoms with Gasteiger partial charge in [-0.3, -0.25) is 4.79 Å². The van der Waals surface area contributed by atoms with Crippen LogP contribution in [0.3, 0.4) is 0 Å². The molecule has 17 heavy (non-hydrogen) atoms. The van der Waals surface area contributed by atoms with E-state index in [4.69, 9.17) is 4.74 Å². The zero-order valence-electron chi connectivity index (χ0n) is 10.4. The van der Waals surface area contributed by atoms with Gasteiger partial charge >= 0.3 is 0 Å². The van der Waals surface area contributed by atoms with E-state index in [0.29, 0.717) is 13.2 Å². The second kappa shape index (κ2) is 5.83. The fourth-order valence-corrected chi connectivity index (χ4v) is 2.71. The van der Waals surface area contributed by atoms with Crippen molar-refractivity contribution in [3.8, 4) is 0 Å². The summed E-state index contributed by atoms with van der Waals surface area (Å²) in [6.07, 6.45) is 7.61. The summed E-state index contributed by atoms with van der Waals surface area (Å²) in [6, 6.07) is 0. The number of hydrogen-bond acceptors (Lipinski definition) is 3. The van der Waals surface area contributed by atoms with Crippen LogP contribution >= 0.6 is 0 Å². The van der Waals surface area contributed by atoms with Crippen LogP contribution in [0.2, 0.25) is 0 Å². The van der Waals surface area contributed by atoms with Gasteiger partial charge in [-0.1, -0.05) is 25.7 Å². The van der Waals surface area contributed by atoms with Crippen molar-refractivity contribution in [1.82, 2.24) is 5.32 Å². The molecule has 2 N–H and O–H groups in total. The molecular weight excluding hydrogens is 218 g/mol. The lowest BCUT2D eigenvalue weighted by molar-refractivity contribution is -0.131. The molecule has 0 spiro atoms. The van der Waals surface area contributed by atoms with E-state index in [1.165, 1.54) is 12.8 Å². The first kappa shape index (κ1) is 12.8. The third-order valence-electron chi connectivity index (χ3n) is 3.85. The minimum absolute atomic E-state index is 0.0554. The van der Waals surface area contributed by atoms with Crippen molar-refractivity contribution in [2.75, 3.05) is 13.2 Å². The van der Waals surface area contributed by atoms with Crippen LogP contribution in [0.4, 0.5) is 0 Å². The van der Waals surface area contributed by atoms with E-state index in [1.54, 1.807) is 0 Å². The molecule has 1 saturated heterocycles. The number of ether oxygens (including phenoxy) is 1. The Morgan fingerprint density at radius 3 is 2.53 bits per heavy atom. The van der Waals surface area contributed by atoms with Gasteiger partial charge in [0.25, 0.3) is 0 Å². The molecular formula is C13H23NO3. The van der Waals surface area contributed by atoms with Crippen LogP contribution in [0.25, 0.3) is 0 Å². The molecule has 1 heterocycles. The number of rotatable bonds is 3. The number of amides is 1. The fourth-order valence-electron chi connectivity index (χ4n) is 2.71. The Bertz CT molecular complexity index is 253. The Hall–Kier alpha value is -0.610. The number of aliphatic hydroxyl groups is 1. The normalized spacial score (nSPS) is 28.6. The van der Waals surface area contributed by atoms with Crippen LogP contribution in [-0.2, 0) is 9.53 Å². The lowest BCUT2D eigenvalue weighted by Gasteiger charge is -2.27. The van der Waals surface area contributed by atoms with Gasteiger partial charge in [-0.05, 0) is 25.7 Å². The predicted molar refractivity (Wildman–Crippen MR) is 64.6 cm³/mol. The fraction of sp³-hybridized carbons (Fsp3) is 0.923. The SMILES string of the molecule is O=C(NCC1(O)CCCCCC1)C1CCCO1. The van der Waals surface area contributed by atoms with Crippen LogP contribution in [-0.4, -0.2) is 35.9 Å². The van der Waals surface area contributed by atoms with Crippen molar-refractivity contribution >= 4 is 5.91 Å². The molecule has 1 aliphatic heterocycles. The van der Waals surface area contributed by atoms with Crippen molar-refractivity contribution in [2.45, 2.75) is 63.1 Å². The summed E-state index contributed by atoms with van der Waals surface area (Å²) < 4.78 is 5.32. The minimum Gasteiger partial charge on any atom is -0.388 e. The minimum atomic E-state index is -0.690. The predicted octanol–water partition coefficient (Wildman–Crippen LogP) is 1.37. The molecule has 2 rings (SSSR count). The maximum atomic E-state index is 11.8. The van der Waals surface area contributed by atoms with E-state index >= 15 is 0 Å². The van der Waals surface area contributed by atoms with Crippen LogP contribution in [0.15, 0.2) is 0 Å².